The molecule has 0 rings (SSSR count). The molecule has 0 heterocycles. The summed E-state index contributed by atoms with van der Waals surface area (Å²) >= 11 is 2.84. The third-order valence-electron chi connectivity index (χ3n) is 4.54. The largest absolute Gasteiger partial charge is 0.481 e. The predicted octanol–water partition coefficient (Wildman–Crippen LogP) is -1.40. The van der Waals surface area contributed by atoms with Gasteiger partial charge in [0.2, 0.25) is 17.7 Å². The van der Waals surface area contributed by atoms with Gasteiger partial charge in [0, 0.05) is 6.42 Å². The van der Waals surface area contributed by atoms with E-state index >= 15 is 0 Å². The van der Waals surface area contributed by atoms with E-state index in [9.17, 15) is 34.2 Å². The number of thioether (sulfide) groups is 2. The standard InChI is InChI=1S/C19H34N4O8S2/c1-10(24)15(23-16(27)11(20)4-5-14(25)26)18(29)21-12(6-8-32-2)17(28)22-13(19(30)31)7-9-33-3/h10-13,15,24H,4-9,20H2,1-3H3,(H,21,29)(H,22,28)(H,23,27)(H,25,26)(H,30,31). The SMILES string of the molecule is CSCCC(NC(=O)C(CCSC)NC(=O)C(NC(=O)C(N)CCC(=O)O)C(C)O)C(=O)O. The molecule has 0 aliphatic rings. The number of carbonyl (C=O) groups is 5. The van der Waals surface area contributed by atoms with Crippen molar-refractivity contribution in [2.24, 2.45) is 5.73 Å². The van der Waals surface area contributed by atoms with E-state index in [1.54, 1.807) is 12.5 Å². The average Bonchev–Trinajstić information content (AvgIpc) is 2.74. The molecule has 5 unspecified atom stereocenters. The van der Waals surface area contributed by atoms with Crippen LogP contribution in [0.2, 0.25) is 0 Å². The summed E-state index contributed by atoms with van der Waals surface area (Å²) in [4.78, 5) is 59.7. The summed E-state index contributed by atoms with van der Waals surface area (Å²) in [5.74, 6) is -3.73. The van der Waals surface area contributed by atoms with Gasteiger partial charge in [0.15, 0.2) is 0 Å². The number of aliphatic hydroxyl groups excluding tert-OH is 1. The number of aliphatic carboxylic acids is 2. The van der Waals surface area contributed by atoms with E-state index < -0.39 is 59.9 Å². The third-order valence-corrected chi connectivity index (χ3v) is 5.83. The smallest absolute Gasteiger partial charge is 0.326 e. The molecule has 0 saturated carbocycles. The summed E-state index contributed by atoms with van der Waals surface area (Å²) in [5.41, 5.74) is 5.64. The van der Waals surface area contributed by atoms with Crippen LogP contribution in [0.25, 0.3) is 0 Å². The van der Waals surface area contributed by atoms with Gasteiger partial charge in [-0.3, -0.25) is 19.2 Å². The van der Waals surface area contributed by atoms with Gasteiger partial charge in [-0.25, -0.2) is 4.79 Å². The summed E-state index contributed by atoms with van der Waals surface area (Å²) in [7, 11) is 0. The average molecular weight is 511 g/mol. The first kappa shape index (κ1) is 31.0. The van der Waals surface area contributed by atoms with Gasteiger partial charge < -0.3 is 37.0 Å². The fourth-order valence-electron chi connectivity index (χ4n) is 2.61. The topological polar surface area (TPSA) is 208 Å². The molecular weight excluding hydrogens is 476 g/mol. The normalized spacial score (nSPS) is 15.4. The van der Waals surface area contributed by atoms with Crippen LogP contribution in [0.1, 0.15) is 32.6 Å². The van der Waals surface area contributed by atoms with Gasteiger partial charge in [-0.15, -0.1) is 0 Å². The molecule has 0 aromatic heterocycles. The number of carboxylic acids is 2. The van der Waals surface area contributed by atoms with Gasteiger partial charge in [0.1, 0.15) is 18.1 Å². The molecule has 0 fully saturated rings. The number of aliphatic hydroxyl groups is 1. The lowest BCUT2D eigenvalue weighted by molar-refractivity contribution is -0.142. The molecule has 14 heteroatoms. The maximum absolute atomic E-state index is 12.8. The van der Waals surface area contributed by atoms with Crippen LogP contribution < -0.4 is 21.7 Å². The van der Waals surface area contributed by atoms with Crippen LogP contribution in [-0.2, 0) is 24.0 Å². The van der Waals surface area contributed by atoms with Crippen molar-refractivity contribution in [1.29, 1.82) is 0 Å². The van der Waals surface area contributed by atoms with E-state index in [1.807, 2.05) is 0 Å². The zero-order valence-electron chi connectivity index (χ0n) is 18.9. The first-order valence-electron chi connectivity index (χ1n) is 10.2. The molecule has 190 valence electrons. The lowest BCUT2D eigenvalue weighted by atomic mass is 10.1. The number of carboxylic acid groups (broad SMARTS) is 2. The van der Waals surface area contributed by atoms with Crippen molar-refractivity contribution in [2.75, 3.05) is 24.0 Å². The molecule has 0 radical (unpaired) electrons. The number of hydrogen-bond acceptors (Lipinski definition) is 9. The molecule has 12 nitrogen and oxygen atoms in total. The Balaban J connectivity index is 5.31. The number of rotatable bonds is 17. The Morgan fingerprint density at radius 1 is 0.818 bits per heavy atom. The van der Waals surface area contributed by atoms with Gasteiger partial charge in [0.05, 0.1) is 12.1 Å². The van der Waals surface area contributed by atoms with E-state index in [0.29, 0.717) is 11.5 Å². The van der Waals surface area contributed by atoms with Crippen LogP contribution in [0, 0.1) is 0 Å². The highest BCUT2D eigenvalue weighted by atomic mass is 32.2. The van der Waals surface area contributed by atoms with E-state index in [0.717, 1.165) is 0 Å². The van der Waals surface area contributed by atoms with Crippen LogP contribution in [0.5, 0.6) is 0 Å². The first-order chi connectivity index (χ1) is 15.4. The monoisotopic (exact) mass is 510 g/mol. The molecule has 3 amide bonds. The second kappa shape index (κ2) is 16.6. The Labute approximate surface area is 201 Å². The zero-order valence-corrected chi connectivity index (χ0v) is 20.5. The fourth-order valence-corrected chi connectivity index (χ4v) is 3.55. The van der Waals surface area contributed by atoms with Gasteiger partial charge in [-0.2, -0.15) is 23.5 Å². The van der Waals surface area contributed by atoms with Gasteiger partial charge in [-0.1, -0.05) is 0 Å². The minimum absolute atomic E-state index is 0.166. The van der Waals surface area contributed by atoms with Crippen molar-refractivity contribution in [3.63, 3.8) is 0 Å². The van der Waals surface area contributed by atoms with E-state index in [-0.39, 0.29) is 25.7 Å². The van der Waals surface area contributed by atoms with Gasteiger partial charge >= 0.3 is 11.9 Å². The maximum atomic E-state index is 12.8. The van der Waals surface area contributed by atoms with Crippen LogP contribution in [0.15, 0.2) is 0 Å². The quantitative estimate of drug-likeness (QED) is 0.121. The first-order valence-corrected chi connectivity index (χ1v) is 13.0. The molecule has 0 aromatic carbocycles. The minimum atomic E-state index is -1.45. The number of carbonyl (C=O) groups excluding carboxylic acids is 3. The Morgan fingerprint density at radius 3 is 1.79 bits per heavy atom. The highest BCUT2D eigenvalue weighted by Gasteiger charge is 2.32. The Kier molecular flexibility index (Phi) is 15.5. The van der Waals surface area contributed by atoms with Crippen molar-refractivity contribution in [1.82, 2.24) is 16.0 Å². The summed E-state index contributed by atoms with van der Waals surface area (Å²) in [5, 5.41) is 35.2. The van der Waals surface area contributed by atoms with E-state index in [2.05, 4.69) is 16.0 Å². The van der Waals surface area contributed by atoms with Crippen molar-refractivity contribution in [3.05, 3.63) is 0 Å². The highest BCUT2D eigenvalue weighted by Crippen LogP contribution is 2.06. The zero-order chi connectivity index (χ0) is 25.6. The molecule has 0 spiro atoms. The Hall–Kier alpha value is -2.03. The van der Waals surface area contributed by atoms with E-state index in [4.69, 9.17) is 10.8 Å². The van der Waals surface area contributed by atoms with Crippen LogP contribution >= 0.6 is 23.5 Å². The fraction of sp³-hybridized carbons (Fsp3) is 0.737. The van der Waals surface area contributed by atoms with E-state index in [1.165, 1.54) is 30.4 Å². The molecule has 8 N–H and O–H groups in total. The summed E-state index contributed by atoms with van der Waals surface area (Å²) < 4.78 is 0. The van der Waals surface area contributed by atoms with Crippen molar-refractivity contribution < 1.29 is 39.3 Å². The summed E-state index contributed by atoms with van der Waals surface area (Å²) in [6.45, 7) is 1.26. The molecule has 0 saturated heterocycles. The second-order valence-electron chi connectivity index (χ2n) is 7.29. The van der Waals surface area contributed by atoms with Crippen molar-refractivity contribution in [3.8, 4) is 0 Å². The minimum Gasteiger partial charge on any atom is -0.481 e. The third kappa shape index (κ3) is 12.7. The predicted molar refractivity (Wildman–Crippen MR) is 126 cm³/mol. The van der Waals surface area contributed by atoms with Crippen LogP contribution in [0.3, 0.4) is 0 Å². The van der Waals surface area contributed by atoms with Crippen molar-refractivity contribution in [2.45, 2.75) is 62.9 Å². The molecule has 0 aliphatic carbocycles. The second-order valence-corrected chi connectivity index (χ2v) is 9.26. The number of hydrogen-bond donors (Lipinski definition) is 7. The number of nitrogens with one attached hydrogen (secondary N) is 3. The lowest BCUT2D eigenvalue weighted by Gasteiger charge is -2.26. The molecule has 0 aliphatic heterocycles. The highest BCUT2D eigenvalue weighted by molar-refractivity contribution is 7.98. The van der Waals surface area contributed by atoms with Crippen LogP contribution in [-0.4, -0.2) is 99.3 Å². The molecule has 5 atom stereocenters. The Morgan fingerprint density at radius 2 is 1.33 bits per heavy atom. The number of nitrogens with two attached hydrogens (primary N) is 1. The number of amides is 3. The van der Waals surface area contributed by atoms with Gasteiger partial charge in [0.25, 0.3) is 0 Å². The van der Waals surface area contributed by atoms with Crippen LogP contribution in [0.4, 0.5) is 0 Å². The molecule has 0 bridgehead atoms. The Bertz CT molecular complexity index is 680. The summed E-state index contributed by atoms with van der Waals surface area (Å²) in [6, 6.07) is -4.89. The van der Waals surface area contributed by atoms with Gasteiger partial charge in [-0.05, 0) is 50.2 Å². The molecule has 33 heavy (non-hydrogen) atoms. The maximum Gasteiger partial charge on any atom is 0.326 e. The molecule has 0 aromatic rings. The summed E-state index contributed by atoms with van der Waals surface area (Å²) in [6.07, 6.45) is 2.13. The molecular formula is C19H34N4O8S2. The van der Waals surface area contributed by atoms with Crippen molar-refractivity contribution >= 4 is 53.2 Å². The lowest BCUT2D eigenvalue weighted by Crippen LogP contribution is -2.59.